The minimum absolute atomic E-state index is 0.168. The van der Waals surface area contributed by atoms with E-state index in [4.69, 9.17) is 4.74 Å². The second-order valence-electron chi connectivity index (χ2n) is 4.45. The molecule has 0 unspecified atom stereocenters. The van der Waals surface area contributed by atoms with Crippen molar-refractivity contribution in [1.29, 1.82) is 0 Å². The maximum absolute atomic E-state index is 12.4. The summed E-state index contributed by atoms with van der Waals surface area (Å²) in [6, 6.07) is 13.2. The van der Waals surface area contributed by atoms with Crippen LogP contribution < -0.4 is 10.1 Å². The molecule has 0 aromatic heterocycles. The summed E-state index contributed by atoms with van der Waals surface area (Å²) < 4.78 is 5.25. The van der Waals surface area contributed by atoms with Gasteiger partial charge in [0.15, 0.2) is 0 Å². The highest BCUT2D eigenvalue weighted by molar-refractivity contribution is 9.08. The van der Waals surface area contributed by atoms with Gasteiger partial charge >= 0.3 is 0 Å². The summed E-state index contributed by atoms with van der Waals surface area (Å²) in [4.78, 5) is 12.4. The number of aryl methyl sites for hydroxylation is 1. The standard InChI is InChI=1S/C16H16BrNO2/c1-11-7-8-15(20-2)13(9-11)16(19)18-14-6-4-3-5-12(14)10-17/h3-9H,10H2,1-2H3,(H,18,19). The second kappa shape index (κ2) is 6.57. The smallest absolute Gasteiger partial charge is 0.259 e. The fourth-order valence-electron chi connectivity index (χ4n) is 1.95. The molecule has 3 nitrogen and oxygen atoms in total. The third-order valence-corrected chi connectivity index (χ3v) is 3.61. The van der Waals surface area contributed by atoms with Crippen LogP contribution in [0, 0.1) is 6.92 Å². The van der Waals surface area contributed by atoms with Crippen molar-refractivity contribution >= 4 is 27.5 Å². The van der Waals surface area contributed by atoms with E-state index in [0.29, 0.717) is 16.6 Å². The van der Waals surface area contributed by atoms with E-state index in [1.54, 1.807) is 13.2 Å². The number of hydrogen-bond acceptors (Lipinski definition) is 2. The number of amides is 1. The number of alkyl halides is 1. The van der Waals surface area contributed by atoms with Gasteiger partial charge in [0, 0.05) is 11.0 Å². The van der Waals surface area contributed by atoms with Crippen molar-refractivity contribution in [2.75, 3.05) is 12.4 Å². The van der Waals surface area contributed by atoms with E-state index >= 15 is 0 Å². The molecule has 20 heavy (non-hydrogen) atoms. The SMILES string of the molecule is COc1ccc(C)cc1C(=O)Nc1ccccc1CBr. The zero-order valence-corrected chi connectivity index (χ0v) is 13.0. The molecule has 0 fully saturated rings. The molecule has 0 aliphatic heterocycles. The van der Waals surface area contributed by atoms with Crippen molar-refractivity contribution in [3.63, 3.8) is 0 Å². The number of ether oxygens (including phenoxy) is 1. The van der Waals surface area contributed by atoms with E-state index in [9.17, 15) is 4.79 Å². The highest BCUT2D eigenvalue weighted by Crippen LogP contribution is 2.23. The molecule has 0 saturated heterocycles. The molecular weight excluding hydrogens is 318 g/mol. The van der Waals surface area contributed by atoms with Crippen LogP contribution in [0.15, 0.2) is 42.5 Å². The normalized spacial score (nSPS) is 10.2. The Balaban J connectivity index is 2.30. The average molecular weight is 334 g/mol. The molecule has 0 aliphatic rings. The topological polar surface area (TPSA) is 38.3 Å². The van der Waals surface area contributed by atoms with Gasteiger partial charge in [0.1, 0.15) is 5.75 Å². The van der Waals surface area contributed by atoms with Gasteiger partial charge in [0.05, 0.1) is 12.7 Å². The zero-order valence-electron chi connectivity index (χ0n) is 11.4. The lowest BCUT2D eigenvalue weighted by atomic mass is 10.1. The van der Waals surface area contributed by atoms with E-state index in [1.165, 1.54) is 0 Å². The van der Waals surface area contributed by atoms with Gasteiger partial charge in [-0.15, -0.1) is 0 Å². The molecule has 0 heterocycles. The number of benzene rings is 2. The second-order valence-corrected chi connectivity index (χ2v) is 5.01. The zero-order chi connectivity index (χ0) is 14.5. The van der Waals surface area contributed by atoms with E-state index < -0.39 is 0 Å². The summed E-state index contributed by atoms with van der Waals surface area (Å²) >= 11 is 3.42. The van der Waals surface area contributed by atoms with Crippen LogP contribution >= 0.6 is 15.9 Å². The van der Waals surface area contributed by atoms with Crippen LogP contribution in [0.2, 0.25) is 0 Å². The molecule has 0 saturated carbocycles. The number of para-hydroxylation sites is 1. The van der Waals surface area contributed by atoms with Gasteiger partial charge < -0.3 is 10.1 Å². The lowest BCUT2D eigenvalue weighted by Gasteiger charge is -2.12. The summed E-state index contributed by atoms with van der Waals surface area (Å²) in [6.45, 7) is 1.95. The summed E-state index contributed by atoms with van der Waals surface area (Å²) in [6.07, 6.45) is 0. The van der Waals surface area contributed by atoms with Crippen molar-refractivity contribution < 1.29 is 9.53 Å². The van der Waals surface area contributed by atoms with Crippen molar-refractivity contribution in [3.8, 4) is 5.75 Å². The van der Waals surface area contributed by atoms with Gasteiger partial charge in [-0.1, -0.05) is 45.8 Å². The Morgan fingerprint density at radius 3 is 2.70 bits per heavy atom. The molecule has 0 bridgehead atoms. The van der Waals surface area contributed by atoms with Crippen molar-refractivity contribution in [2.45, 2.75) is 12.3 Å². The first-order valence-electron chi connectivity index (χ1n) is 6.25. The number of anilines is 1. The van der Waals surface area contributed by atoms with Gasteiger partial charge in [-0.05, 0) is 30.7 Å². The molecule has 2 aromatic rings. The average Bonchev–Trinajstić information content (AvgIpc) is 2.47. The third-order valence-electron chi connectivity index (χ3n) is 3.01. The van der Waals surface area contributed by atoms with E-state index in [0.717, 1.165) is 16.8 Å². The van der Waals surface area contributed by atoms with Gasteiger partial charge in [0.25, 0.3) is 5.91 Å². The van der Waals surface area contributed by atoms with E-state index in [1.807, 2.05) is 43.3 Å². The van der Waals surface area contributed by atoms with E-state index in [2.05, 4.69) is 21.2 Å². The van der Waals surface area contributed by atoms with Gasteiger partial charge in [0.2, 0.25) is 0 Å². The monoisotopic (exact) mass is 333 g/mol. The minimum Gasteiger partial charge on any atom is -0.496 e. The fraction of sp³-hybridized carbons (Fsp3) is 0.188. The van der Waals surface area contributed by atoms with Gasteiger partial charge in [-0.25, -0.2) is 0 Å². The van der Waals surface area contributed by atoms with Gasteiger partial charge in [-0.2, -0.15) is 0 Å². The molecule has 2 aromatic carbocycles. The van der Waals surface area contributed by atoms with Gasteiger partial charge in [-0.3, -0.25) is 4.79 Å². The molecule has 104 valence electrons. The lowest BCUT2D eigenvalue weighted by Crippen LogP contribution is -2.14. The number of hydrogen-bond donors (Lipinski definition) is 1. The lowest BCUT2D eigenvalue weighted by molar-refractivity contribution is 0.102. The van der Waals surface area contributed by atoms with Crippen LogP contribution in [0.4, 0.5) is 5.69 Å². The van der Waals surface area contributed by atoms with E-state index in [-0.39, 0.29) is 5.91 Å². The number of carbonyl (C=O) groups excluding carboxylic acids is 1. The Hall–Kier alpha value is -1.81. The molecule has 0 radical (unpaired) electrons. The maximum atomic E-state index is 12.4. The Bertz CT molecular complexity index is 626. The predicted molar refractivity (Wildman–Crippen MR) is 84.8 cm³/mol. The summed E-state index contributed by atoms with van der Waals surface area (Å²) in [5.41, 5.74) is 3.40. The highest BCUT2D eigenvalue weighted by atomic mass is 79.9. The Kier molecular flexibility index (Phi) is 4.79. The van der Waals surface area contributed by atoms with Crippen molar-refractivity contribution in [3.05, 3.63) is 59.2 Å². The van der Waals surface area contributed by atoms with Crippen LogP contribution in [0.1, 0.15) is 21.5 Å². The molecule has 0 atom stereocenters. The Morgan fingerprint density at radius 2 is 2.00 bits per heavy atom. The molecule has 1 N–H and O–H groups in total. The summed E-state index contributed by atoms with van der Waals surface area (Å²) in [5, 5.41) is 3.62. The molecule has 4 heteroatoms. The van der Waals surface area contributed by atoms with Crippen LogP contribution in [-0.4, -0.2) is 13.0 Å². The van der Waals surface area contributed by atoms with Crippen LogP contribution in [0.25, 0.3) is 0 Å². The van der Waals surface area contributed by atoms with Crippen molar-refractivity contribution in [1.82, 2.24) is 0 Å². The number of methoxy groups -OCH3 is 1. The molecule has 1 amide bonds. The number of carbonyl (C=O) groups is 1. The third kappa shape index (κ3) is 3.20. The number of nitrogens with one attached hydrogen (secondary N) is 1. The Morgan fingerprint density at radius 1 is 1.25 bits per heavy atom. The van der Waals surface area contributed by atoms with Crippen LogP contribution in [-0.2, 0) is 5.33 Å². The molecule has 0 spiro atoms. The quantitative estimate of drug-likeness (QED) is 0.853. The van der Waals surface area contributed by atoms with Crippen LogP contribution in [0.5, 0.6) is 5.75 Å². The van der Waals surface area contributed by atoms with Crippen LogP contribution in [0.3, 0.4) is 0 Å². The molecule has 0 aliphatic carbocycles. The molecule has 2 rings (SSSR count). The largest absolute Gasteiger partial charge is 0.496 e. The first-order valence-corrected chi connectivity index (χ1v) is 7.37. The minimum atomic E-state index is -0.168. The Labute approximate surface area is 127 Å². The fourth-order valence-corrected chi connectivity index (χ4v) is 2.44. The number of halogens is 1. The molecular formula is C16H16BrNO2. The number of rotatable bonds is 4. The summed E-state index contributed by atoms with van der Waals surface area (Å²) in [7, 11) is 1.56. The van der Waals surface area contributed by atoms with Crippen molar-refractivity contribution in [2.24, 2.45) is 0 Å². The predicted octanol–water partition coefficient (Wildman–Crippen LogP) is 4.15. The summed E-state index contributed by atoms with van der Waals surface area (Å²) in [5.74, 6) is 0.406. The first kappa shape index (κ1) is 14.6. The maximum Gasteiger partial charge on any atom is 0.259 e. The first-order chi connectivity index (χ1) is 9.65. The highest BCUT2D eigenvalue weighted by Gasteiger charge is 2.13.